The molecule has 0 saturated heterocycles. The summed E-state index contributed by atoms with van der Waals surface area (Å²) in [6.45, 7) is -0.0129. The van der Waals surface area contributed by atoms with Crippen LogP contribution in [0.1, 0.15) is 15.9 Å². The molecule has 0 spiro atoms. The van der Waals surface area contributed by atoms with Crippen LogP contribution in [0.2, 0.25) is 0 Å². The van der Waals surface area contributed by atoms with Crippen LogP contribution < -0.4 is 5.32 Å². The van der Waals surface area contributed by atoms with Crippen LogP contribution in [-0.4, -0.2) is 33.5 Å². The van der Waals surface area contributed by atoms with Gasteiger partial charge in [0.15, 0.2) is 0 Å². The zero-order valence-corrected chi connectivity index (χ0v) is 10.5. The molecule has 2 rings (SSSR count). The van der Waals surface area contributed by atoms with Gasteiger partial charge in [-0.3, -0.25) is 0 Å². The molecule has 1 aliphatic heterocycles. The van der Waals surface area contributed by atoms with Gasteiger partial charge in [-0.2, -0.15) is 0 Å². The fraction of sp³-hybridized carbons (Fsp3) is 0.364. The normalized spacial score (nSPS) is 21.8. The Kier molecular flexibility index (Phi) is 3.36. The summed E-state index contributed by atoms with van der Waals surface area (Å²) in [5.74, 6) is -0.652. The van der Waals surface area contributed by atoms with Crippen molar-refractivity contribution in [2.24, 2.45) is 0 Å². The van der Waals surface area contributed by atoms with Crippen molar-refractivity contribution in [3.05, 3.63) is 29.3 Å². The number of carbonyl (C=O) groups excluding carboxylic acids is 1. The molecule has 98 valence electrons. The molecule has 0 amide bonds. The minimum atomic E-state index is -4.06. The Morgan fingerprint density at radius 3 is 2.89 bits per heavy atom. The molecule has 18 heavy (non-hydrogen) atoms. The number of halogens is 1. The van der Waals surface area contributed by atoms with E-state index in [1.807, 2.05) is 0 Å². The highest BCUT2D eigenvalue weighted by atomic mass is 32.2. The standard InChI is InChI=1S/C11H12FNO4S/c1-17-11(14)7-2-3-8-5-13-6-10(12)18(15,16)9(8)4-7/h2-4,10,13H,5-6H2,1H3. The largest absolute Gasteiger partial charge is 0.465 e. The maximum absolute atomic E-state index is 13.5. The first kappa shape index (κ1) is 13.0. The van der Waals surface area contributed by atoms with E-state index < -0.39 is 21.3 Å². The van der Waals surface area contributed by atoms with Crippen LogP contribution in [0.3, 0.4) is 0 Å². The topological polar surface area (TPSA) is 72.5 Å². The van der Waals surface area contributed by atoms with Gasteiger partial charge in [0.05, 0.1) is 17.6 Å². The van der Waals surface area contributed by atoms with E-state index in [2.05, 4.69) is 10.1 Å². The van der Waals surface area contributed by atoms with Gasteiger partial charge >= 0.3 is 5.97 Å². The maximum Gasteiger partial charge on any atom is 0.337 e. The number of rotatable bonds is 1. The molecule has 1 unspecified atom stereocenters. The van der Waals surface area contributed by atoms with E-state index in [1.165, 1.54) is 19.2 Å². The number of esters is 1. The van der Waals surface area contributed by atoms with Gasteiger partial charge in [-0.05, 0) is 17.7 Å². The highest BCUT2D eigenvalue weighted by Gasteiger charge is 2.32. The summed E-state index contributed by atoms with van der Waals surface area (Å²) in [7, 11) is -2.86. The molecule has 1 aliphatic rings. The second-order valence-corrected chi connectivity index (χ2v) is 5.94. The van der Waals surface area contributed by atoms with Crippen molar-refractivity contribution in [2.75, 3.05) is 13.7 Å². The molecule has 0 aliphatic carbocycles. The van der Waals surface area contributed by atoms with Crippen molar-refractivity contribution in [3.63, 3.8) is 0 Å². The van der Waals surface area contributed by atoms with Crippen LogP contribution >= 0.6 is 0 Å². The number of sulfone groups is 1. The van der Waals surface area contributed by atoms with Gasteiger partial charge in [-0.1, -0.05) is 6.07 Å². The molecule has 1 heterocycles. The molecule has 5 nitrogen and oxygen atoms in total. The second kappa shape index (κ2) is 4.66. The van der Waals surface area contributed by atoms with Gasteiger partial charge in [0.2, 0.25) is 15.3 Å². The van der Waals surface area contributed by atoms with Crippen molar-refractivity contribution >= 4 is 15.8 Å². The summed E-state index contributed by atoms with van der Waals surface area (Å²) in [5, 5.41) is 2.70. The molecule has 0 radical (unpaired) electrons. The van der Waals surface area contributed by atoms with Crippen molar-refractivity contribution in [1.29, 1.82) is 0 Å². The molecule has 0 saturated carbocycles. The van der Waals surface area contributed by atoms with Gasteiger partial charge in [0.1, 0.15) is 0 Å². The van der Waals surface area contributed by atoms with Crippen LogP contribution in [0.4, 0.5) is 4.39 Å². The molecule has 0 aromatic heterocycles. The number of alkyl halides is 1. The molecule has 1 aromatic carbocycles. The monoisotopic (exact) mass is 273 g/mol. The first-order chi connectivity index (χ1) is 8.46. The Bertz CT molecular complexity index is 585. The molecule has 0 fully saturated rings. The second-order valence-electron chi connectivity index (χ2n) is 3.90. The Morgan fingerprint density at radius 1 is 1.50 bits per heavy atom. The highest BCUT2D eigenvalue weighted by Crippen LogP contribution is 2.25. The number of methoxy groups -OCH3 is 1. The number of carbonyl (C=O) groups is 1. The number of fused-ring (bicyclic) bond motifs is 1. The van der Waals surface area contributed by atoms with E-state index in [1.54, 1.807) is 0 Å². The molecule has 1 atom stereocenters. The number of hydrogen-bond acceptors (Lipinski definition) is 5. The van der Waals surface area contributed by atoms with E-state index in [0.29, 0.717) is 5.56 Å². The Labute approximate surface area is 104 Å². The van der Waals surface area contributed by atoms with E-state index >= 15 is 0 Å². The smallest absolute Gasteiger partial charge is 0.337 e. The van der Waals surface area contributed by atoms with Crippen LogP contribution in [0.5, 0.6) is 0 Å². The van der Waals surface area contributed by atoms with Gasteiger partial charge in [0.25, 0.3) is 0 Å². The first-order valence-corrected chi connectivity index (χ1v) is 6.81. The summed E-state index contributed by atoms with van der Waals surface area (Å²) in [5.41, 5.74) is -1.47. The SMILES string of the molecule is COC(=O)c1ccc2c(c1)S(=O)(=O)C(F)CNC2. The minimum Gasteiger partial charge on any atom is -0.465 e. The molecular formula is C11H12FNO4S. The fourth-order valence-electron chi connectivity index (χ4n) is 1.78. The predicted molar refractivity (Wildman–Crippen MR) is 61.6 cm³/mol. The summed E-state index contributed by atoms with van der Waals surface area (Å²) in [6, 6.07) is 4.11. The maximum atomic E-state index is 13.5. The lowest BCUT2D eigenvalue weighted by Gasteiger charge is -2.09. The third-order valence-corrected chi connectivity index (χ3v) is 4.58. The van der Waals surface area contributed by atoms with E-state index in [0.717, 1.165) is 6.07 Å². The average molecular weight is 273 g/mol. The summed E-state index contributed by atoms with van der Waals surface area (Å²) < 4.78 is 41.9. The minimum absolute atomic E-state index is 0.0916. The molecular weight excluding hydrogens is 261 g/mol. The molecule has 0 bridgehead atoms. The average Bonchev–Trinajstić information content (AvgIpc) is 2.47. The fourth-order valence-corrected chi connectivity index (χ4v) is 3.19. The lowest BCUT2D eigenvalue weighted by molar-refractivity contribution is 0.0600. The van der Waals surface area contributed by atoms with Crippen LogP contribution in [0.15, 0.2) is 23.1 Å². The molecule has 7 heteroatoms. The zero-order valence-electron chi connectivity index (χ0n) is 9.64. The zero-order chi connectivity index (χ0) is 13.3. The summed E-state index contributed by atoms with van der Waals surface area (Å²) >= 11 is 0. The van der Waals surface area contributed by atoms with Crippen LogP contribution in [-0.2, 0) is 21.1 Å². The lowest BCUT2D eigenvalue weighted by Crippen LogP contribution is -2.26. The van der Waals surface area contributed by atoms with E-state index in [9.17, 15) is 17.6 Å². The number of ether oxygens (including phenoxy) is 1. The Hall–Kier alpha value is -1.47. The van der Waals surface area contributed by atoms with Gasteiger partial charge < -0.3 is 10.1 Å². The van der Waals surface area contributed by atoms with Gasteiger partial charge in [-0.15, -0.1) is 0 Å². The molecule has 1 aromatic rings. The number of nitrogens with one attached hydrogen (secondary N) is 1. The van der Waals surface area contributed by atoms with Crippen LogP contribution in [0, 0.1) is 0 Å². The first-order valence-electron chi connectivity index (χ1n) is 5.26. The van der Waals surface area contributed by atoms with Crippen molar-refractivity contribution < 1.29 is 22.3 Å². The number of benzene rings is 1. The van der Waals surface area contributed by atoms with Gasteiger partial charge in [0, 0.05) is 13.1 Å². The quantitative estimate of drug-likeness (QED) is 0.760. The third-order valence-electron chi connectivity index (χ3n) is 2.75. The van der Waals surface area contributed by atoms with Crippen LogP contribution in [0.25, 0.3) is 0 Å². The summed E-state index contributed by atoms with van der Waals surface area (Å²) in [4.78, 5) is 11.2. The third kappa shape index (κ3) is 2.11. The van der Waals surface area contributed by atoms with Crippen molar-refractivity contribution in [1.82, 2.24) is 5.32 Å². The Morgan fingerprint density at radius 2 is 2.22 bits per heavy atom. The summed E-state index contributed by atoms with van der Waals surface area (Å²) in [6.07, 6.45) is 0. The van der Waals surface area contributed by atoms with E-state index in [-0.39, 0.29) is 23.5 Å². The molecule has 1 N–H and O–H groups in total. The van der Waals surface area contributed by atoms with Crippen molar-refractivity contribution in [3.8, 4) is 0 Å². The lowest BCUT2D eigenvalue weighted by atomic mass is 10.1. The van der Waals surface area contributed by atoms with E-state index in [4.69, 9.17) is 0 Å². The Balaban J connectivity index is 2.59. The highest BCUT2D eigenvalue weighted by molar-refractivity contribution is 7.92. The van der Waals surface area contributed by atoms with Crippen molar-refractivity contribution in [2.45, 2.75) is 16.9 Å². The van der Waals surface area contributed by atoms with Gasteiger partial charge in [-0.25, -0.2) is 17.6 Å². The predicted octanol–water partition coefficient (Wildman–Crippen LogP) is 0.646. The number of hydrogen-bond donors (Lipinski definition) is 1.